The van der Waals surface area contributed by atoms with Crippen LogP contribution in [0.3, 0.4) is 0 Å². The number of likely N-dealkylation sites (tertiary alicyclic amines) is 1. The molecule has 180 valence electrons. The molecule has 0 saturated carbocycles. The summed E-state index contributed by atoms with van der Waals surface area (Å²) >= 11 is 1.45. The fraction of sp³-hybridized carbons (Fsp3) is 0.423. The lowest BCUT2D eigenvalue weighted by molar-refractivity contribution is -0.135. The first-order chi connectivity index (χ1) is 16.5. The summed E-state index contributed by atoms with van der Waals surface area (Å²) in [4.78, 5) is 30.0. The molecule has 1 aromatic carbocycles. The Kier molecular flexibility index (Phi) is 8.11. The Morgan fingerprint density at radius 3 is 2.88 bits per heavy atom. The molecule has 34 heavy (non-hydrogen) atoms. The normalized spacial score (nSPS) is 15.9. The summed E-state index contributed by atoms with van der Waals surface area (Å²) in [5, 5.41) is 9.24. The zero-order valence-electron chi connectivity index (χ0n) is 19.5. The number of carbonyl (C=O) groups excluding carboxylic acids is 2. The topological polar surface area (TPSA) is 69.3 Å². The fourth-order valence-corrected chi connectivity index (χ4v) is 5.16. The van der Waals surface area contributed by atoms with Gasteiger partial charge in [-0.15, -0.1) is 11.3 Å². The van der Waals surface area contributed by atoms with E-state index in [1.54, 1.807) is 6.07 Å². The Hall–Kier alpha value is -3.00. The number of aromatic nitrogens is 2. The van der Waals surface area contributed by atoms with E-state index >= 15 is 0 Å². The summed E-state index contributed by atoms with van der Waals surface area (Å²) in [7, 11) is 1.86. The number of nitrogens with zero attached hydrogens (tertiary/aromatic N) is 3. The van der Waals surface area contributed by atoms with Gasteiger partial charge < -0.3 is 9.80 Å². The van der Waals surface area contributed by atoms with E-state index < -0.39 is 0 Å². The minimum Gasteiger partial charge on any atom is -0.345 e. The van der Waals surface area contributed by atoms with Gasteiger partial charge in [-0.3, -0.25) is 14.7 Å². The number of hydrogen-bond acceptors (Lipinski definition) is 4. The summed E-state index contributed by atoms with van der Waals surface area (Å²) < 4.78 is 13.4. The first-order valence-corrected chi connectivity index (χ1v) is 12.8. The molecule has 0 bridgehead atoms. The molecule has 0 radical (unpaired) electrons. The van der Waals surface area contributed by atoms with Crippen LogP contribution in [0.5, 0.6) is 0 Å². The van der Waals surface area contributed by atoms with Gasteiger partial charge in [-0.2, -0.15) is 5.10 Å². The third kappa shape index (κ3) is 6.11. The second kappa shape index (κ2) is 11.4. The second-order valence-electron chi connectivity index (χ2n) is 8.93. The molecule has 3 heterocycles. The minimum absolute atomic E-state index is 0.0366. The number of halogens is 1. The number of unbranched alkanes of at least 4 members (excludes halogenated alkanes) is 2. The average molecular weight is 483 g/mol. The lowest BCUT2D eigenvalue weighted by atomic mass is 9.96. The first kappa shape index (κ1) is 24.1. The standard InChI is InChI=1S/C26H31FN4O2S/c1-30(25(32)20-9-6-14-31(18-20)26(33)24-12-7-15-34-24)13-4-2-3-11-22-17-23(29-28-22)19-8-5-10-21(27)16-19/h5,7-8,10,12,15-17,20H,2-4,6,9,11,13-14,18H2,1H3,(H,28,29). The number of carbonyl (C=O) groups is 2. The largest absolute Gasteiger partial charge is 0.345 e. The number of benzene rings is 1. The maximum atomic E-state index is 13.4. The zero-order valence-corrected chi connectivity index (χ0v) is 20.3. The molecule has 1 N–H and O–H groups in total. The summed E-state index contributed by atoms with van der Waals surface area (Å²) in [6.07, 6.45) is 5.48. The summed E-state index contributed by atoms with van der Waals surface area (Å²) in [5.74, 6) is -0.212. The lowest BCUT2D eigenvalue weighted by Crippen LogP contribution is -2.45. The number of nitrogens with one attached hydrogen (secondary N) is 1. The molecule has 4 rings (SSSR count). The zero-order chi connectivity index (χ0) is 23.9. The van der Waals surface area contributed by atoms with Crippen molar-refractivity contribution >= 4 is 23.2 Å². The van der Waals surface area contributed by atoms with E-state index in [-0.39, 0.29) is 23.5 Å². The van der Waals surface area contributed by atoms with Crippen molar-refractivity contribution in [2.24, 2.45) is 5.92 Å². The lowest BCUT2D eigenvalue weighted by Gasteiger charge is -2.33. The van der Waals surface area contributed by atoms with Crippen LogP contribution >= 0.6 is 11.3 Å². The van der Waals surface area contributed by atoms with E-state index in [9.17, 15) is 14.0 Å². The highest BCUT2D eigenvalue weighted by atomic mass is 32.1. The molecule has 0 spiro atoms. The number of rotatable bonds is 9. The quantitative estimate of drug-likeness (QED) is 0.436. The Bertz CT molecular complexity index is 1100. The molecular weight excluding hydrogens is 451 g/mol. The van der Waals surface area contributed by atoms with Crippen LogP contribution in [-0.4, -0.2) is 58.5 Å². The summed E-state index contributed by atoms with van der Waals surface area (Å²) in [6, 6.07) is 12.1. The Labute approximate surface area is 203 Å². The maximum Gasteiger partial charge on any atom is 0.263 e. The predicted molar refractivity (Wildman–Crippen MR) is 132 cm³/mol. The van der Waals surface area contributed by atoms with E-state index in [2.05, 4.69) is 10.2 Å². The third-order valence-corrected chi connectivity index (χ3v) is 7.21. The van der Waals surface area contributed by atoms with Crippen LogP contribution in [0, 0.1) is 11.7 Å². The molecule has 1 aliphatic rings. The number of aromatic amines is 1. The molecule has 0 aliphatic carbocycles. The molecule has 1 fully saturated rings. The van der Waals surface area contributed by atoms with Crippen LogP contribution in [-0.2, 0) is 11.2 Å². The van der Waals surface area contributed by atoms with Crippen LogP contribution in [0.25, 0.3) is 11.3 Å². The number of amides is 2. The van der Waals surface area contributed by atoms with E-state index in [4.69, 9.17) is 0 Å². The summed E-state index contributed by atoms with van der Waals surface area (Å²) in [5.41, 5.74) is 2.54. The van der Waals surface area contributed by atoms with Gasteiger partial charge in [-0.05, 0) is 61.7 Å². The molecule has 1 atom stereocenters. The van der Waals surface area contributed by atoms with Crippen molar-refractivity contribution in [2.75, 3.05) is 26.7 Å². The van der Waals surface area contributed by atoms with Gasteiger partial charge in [0.15, 0.2) is 0 Å². The molecule has 2 amide bonds. The Balaban J connectivity index is 1.17. The van der Waals surface area contributed by atoms with Gasteiger partial charge in [-0.1, -0.05) is 24.6 Å². The van der Waals surface area contributed by atoms with Crippen molar-refractivity contribution in [3.8, 4) is 11.3 Å². The van der Waals surface area contributed by atoms with Crippen LogP contribution in [0.1, 0.15) is 47.5 Å². The van der Waals surface area contributed by atoms with Crippen LogP contribution < -0.4 is 0 Å². The van der Waals surface area contributed by atoms with Crippen LogP contribution in [0.2, 0.25) is 0 Å². The number of hydrogen-bond donors (Lipinski definition) is 1. The molecular formula is C26H31FN4O2S. The number of thiophene rings is 1. The molecule has 1 saturated heterocycles. The molecule has 8 heteroatoms. The SMILES string of the molecule is CN(CCCCCc1cc(-c2cccc(F)c2)n[nH]1)C(=O)C1CCCN(C(=O)c2cccs2)C1. The van der Waals surface area contributed by atoms with Crippen molar-refractivity contribution in [2.45, 2.75) is 38.5 Å². The van der Waals surface area contributed by atoms with Gasteiger partial charge in [0.05, 0.1) is 16.5 Å². The fourth-order valence-electron chi connectivity index (χ4n) is 4.47. The van der Waals surface area contributed by atoms with E-state index in [0.29, 0.717) is 13.1 Å². The maximum absolute atomic E-state index is 13.4. The van der Waals surface area contributed by atoms with Crippen molar-refractivity contribution in [3.05, 3.63) is 64.2 Å². The van der Waals surface area contributed by atoms with Gasteiger partial charge in [0.2, 0.25) is 5.91 Å². The number of aryl methyl sites for hydroxylation is 1. The van der Waals surface area contributed by atoms with Crippen LogP contribution in [0.15, 0.2) is 47.8 Å². The van der Waals surface area contributed by atoms with Crippen molar-refractivity contribution in [1.82, 2.24) is 20.0 Å². The molecule has 3 aromatic rings. The van der Waals surface area contributed by atoms with E-state index in [1.807, 2.05) is 46.5 Å². The van der Waals surface area contributed by atoms with Crippen molar-refractivity contribution < 1.29 is 14.0 Å². The number of H-pyrrole nitrogens is 1. The average Bonchev–Trinajstić information content (AvgIpc) is 3.55. The number of piperidine rings is 1. The Morgan fingerprint density at radius 1 is 1.21 bits per heavy atom. The molecule has 1 unspecified atom stereocenters. The van der Waals surface area contributed by atoms with Gasteiger partial charge in [-0.25, -0.2) is 4.39 Å². The van der Waals surface area contributed by atoms with E-state index in [0.717, 1.165) is 66.9 Å². The minimum atomic E-state index is -0.268. The third-order valence-electron chi connectivity index (χ3n) is 6.36. The van der Waals surface area contributed by atoms with Gasteiger partial charge >= 0.3 is 0 Å². The highest BCUT2D eigenvalue weighted by molar-refractivity contribution is 7.12. The highest BCUT2D eigenvalue weighted by Crippen LogP contribution is 2.23. The molecule has 2 aromatic heterocycles. The smallest absolute Gasteiger partial charge is 0.263 e. The van der Waals surface area contributed by atoms with Crippen molar-refractivity contribution in [1.29, 1.82) is 0 Å². The Morgan fingerprint density at radius 2 is 2.09 bits per heavy atom. The van der Waals surface area contributed by atoms with Gasteiger partial charge in [0.1, 0.15) is 5.82 Å². The second-order valence-corrected chi connectivity index (χ2v) is 9.87. The van der Waals surface area contributed by atoms with Crippen molar-refractivity contribution in [3.63, 3.8) is 0 Å². The monoisotopic (exact) mass is 482 g/mol. The highest BCUT2D eigenvalue weighted by Gasteiger charge is 2.30. The van der Waals surface area contributed by atoms with Gasteiger partial charge in [0, 0.05) is 37.9 Å². The summed E-state index contributed by atoms with van der Waals surface area (Å²) in [6.45, 7) is 1.94. The molecule has 1 aliphatic heterocycles. The van der Waals surface area contributed by atoms with E-state index in [1.165, 1.54) is 23.5 Å². The van der Waals surface area contributed by atoms with Gasteiger partial charge in [0.25, 0.3) is 5.91 Å². The van der Waals surface area contributed by atoms with Crippen LogP contribution in [0.4, 0.5) is 4.39 Å². The predicted octanol–water partition coefficient (Wildman–Crippen LogP) is 5.00. The first-order valence-electron chi connectivity index (χ1n) is 11.9. The molecule has 6 nitrogen and oxygen atoms in total.